The highest BCUT2D eigenvalue weighted by Crippen LogP contribution is 2.29. The molecule has 1 unspecified atom stereocenters. The summed E-state index contributed by atoms with van der Waals surface area (Å²) < 4.78 is 5.23. The van der Waals surface area contributed by atoms with Crippen molar-refractivity contribution in [2.75, 3.05) is 13.7 Å². The molecule has 0 spiro atoms. The van der Waals surface area contributed by atoms with E-state index >= 15 is 0 Å². The molecule has 1 N–H and O–H groups in total. The highest BCUT2D eigenvalue weighted by atomic mass is 16.5. The third-order valence-corrected chi connectivity index (χ3v) is 3.75. The molecule has 1 aliphatic heterocycles. The van der Waals surface area contributed by atoms with Gasteiger partial charge in [0.15, 0.2) is 0 Å². The number of carbonyl (C=O) groups is 2. The van der Waals surface area contributed by atoms with Crippen LogP contribution in [0.4, 0.5) is 0 Å². The van der Waals surface area contributed by atoms with Gasteiger partial charge in [-0.05, 0) is 19.3 Å². The van der Waals surface area contributed by atoms with Crippen LogP contribution >= 0.6 is 0 Å². The van der Waals surface area contributed by atoms with E-state index in [-0.39, 0.29) is 30.0 Å². The molecule has 1 aliphatic carbocycles. The molecule has 0 aromatic carbocycles. The fourth-order valence-electron chi connectivity index (χ4n) is 2.48. The van der Waals surface area contributed by atoms with E-state index in [9.17, 15) is 9.59 Å². The monoisotopic (exact) mass is 240 g/mol. The Kier molecular flexibility index (Phi) is 3.66. The van der Waals surface area contributed by atoms with Crippen LogP contribution in [0, 0.1) is 0 Å². The first kappa shape index (κ1) is 12.4. The van der Waals surface area contributed by atoms with Crippen LogP contribution in [0.15, 0.2) is 0 Å². The lowest BCUT2D eigenvalue weighted by molar-refractivity contribution is -0.140. The largest absolute Gasteiger partial charge is 0.381 e. The number of hydrogen-bond acceptors (Lipinski definition) is 3. The van der Waals surface area contributed by atoms with Gasteiger partial charge in [0.05, 0.1) is 6.10 Å². The zero-order valence-corrected chi connectivity index (χ0v) is 10.4. The van der Waals surface area contributed by atoms with Gasteiger partial charge in [0.2, 0.25) is 11.8 Å². The van der Waals surface area contributed by atoms with Gasteiger partial charge in [-0.25, -0.2) is 0 Å². The Labute approximate surface area is 101 Å². The summed E-state index contributed by atoms with van der Waals surface area (Å²) in [6.45, 7) is 2.47. The minimum Gasteiger partial charge on any atom is -0.381 e. The third kappa shape index (κ3) is 2.44. The van der Waals surface area contributed by atoms with E-state index in [1.54, 1.807) is 7.11 Å². The summed E-state index contributed by atoms with van der Waals surface area (Å²) in [5.41, 5.74) is 0. The number of ether oxygens (including phenoxy) is 1. The Morgan fingerprint density at radius 1 is 1.41 bits per heavy atom. The van der Waals surface area contributed by atoms with E-state index < -0.39 is 0 Å². The number of hydrogen-bond donors (Lipinski definition) is 1. The average molecular weight is 240 g/mol. The van der Waals surface area contributed by atoms with Crippen LogP contribution in [0.2, 0.25) is 0 Å². The van der Waals surface area contributed by atoms with E-state index in [1.807, 2.05) is 11.8 Å². The van der Waals surface area contributed by atoms with Crippen molar-refractivity contribution in [1.29, 1.82) is 0 Å². The first-order valence-electron chi connectivity index (χ1n) is 6.28. The number of methoxy groups -OCH3 is 1. The molecule has 96 valence electrons. The molecule has 0 bridgehead atoms. The number of nitrogens with one attached hydrogen (secondary N) is 1. The van der Waals surface area contributed by atoms with Crippen LogP contribution in [0.3, 0.4) is 0 Å². The summed E-state index contributed by atoms with van der Waals surface area (Å²) >= 11 is 0. The number of nitrogens with zero attached hydrogens (tertiary/aromatic N) is 1. The molecule has 17 heavy (non-hydrogen) atoms. The Hall–Kier alpha value is -1.10. The van der Waals surface area contributed by atoms with Crippen LogP contribution in [0.5, 0.6) is 0 Å². The van der Waals surface area contributed by atoms with Crippen molar-refractivity contribution in [2.45, 2.75) is 50.8 Å². The summed E-state index contributed by atoms with van der Waals surface area (Å²) in [6, 6.07) is -0.0826. The molecule has 1 atom stereocenters. The molecule has 5 nitrogen and oxygen atoms in total. The van der Waals surface area contributed by atoms with Crippen molar-refractivity contribution in [1.82, 2.24) is 10.2 Å². The third-order valence-electron chi connectivity index (χ3n) is 3.75. The van der Waals surface area contributed by atoms with Crippen LogP contribution in [0.25, 0.3) is 0 Å². The zero-order valence-electron chi connectivity index (χ0n) is 10.4. The number of rotatable bonds is 3. The van der Waals surface area contributed by atoms with E-state index in [0.717, 1.165) is 12.8 Å². The fraction of sp³-hybridized carbons (Fsp3) is 0.833. The molecule has 0 aromatic rings. The first-order valence-corrected chi connectivity index (χ1v) is 6.28. The molecule has 1 heterocycles. The molecule has 1 saturated heterocycles. The molecule has 2 fully saturated rings. The minimum atomic E-state index is -0.341. The summed E-state index contributed by atoms with van der Waals surface area (Å²) in [4.78, 5) is 25.6. The molecule has 0 radical (unpaired) electrons. The quantitative estimate of drug-likeness (QED) is 0.771. The average Bonchev–Trinajstić information content (AvgIpc) is 2.40. The van der Waals surface area contributed by atoms with Crippen molar-refractivity contribution < 1.29 is 14.3 Å². The van der Waals surface area contributed by atoms with Gasteiger partial charge in [-0.3, -0.25) is 9.59 Å². The summed E-state index contributed by atoms with van der Waals surface area (Å²) in [5, 5.41) is 2.78. The molecule has 2 amide bonds. The van der Waals surface area contributed by atoms with Crippen LogP contribution in [-0.2, 0) is 14.3 Å². The minimum absolute atomic E-state index is 0.0182. The lowest BCUT2D eigenvalue weighted by atomic mass is 9.87. The molecular formula is C12H20N2O3. The van der Waals surface area contributed by atoms with E-state index in [0.29, 0.717) is 19.4 Å². The fourth-order valence-corrected chi connectivity index (χ4v) is 2.48. The summed E-state index contributed by atoms with van der Waals surface area (Å²) in [6.07, 6.45) is 3.14. The normalized spacial score (nSPS) is 34.0. The summed E-state index contributed by atoms with van der Waals surface area (Å²) in [7, 11) is 1.70. The Bertz CT molecular complexity index is 313. The second kappa shape index (κ2) is 5.04. The summed E-state index contributed by atoms with van der Waals surface area (Å²) in [5.74, 6) is 0.0493. The molecule has 2 rings (SSSR count). The van der Waals surface area contributed by atoms with Crippen LogP contribution < -0.4 is 5.32 Å². The Balaban J connectivity index is 2.01. The van der Waals surface area contributed by atoms with E-state index in [2.05, 4.69) is 5.32 Å². The maximum atomic E-state index is 12.2. The molecular weight excluding hydrogens is 220 g/mol. The van der Waals surface area contributed by atoms with E-state index in [4.69, 9.17) is 4.74 Å². The molecule has 1 saturated carbocycles. The Morgan fingerprint density at radius 3 is 2.71 bits per heavy atom. The van der Waals surface area contributed by atoms with Gasteiger partial charge in [-0.2, -0.15) is 0 Å². The predicted molar refractivity (Wildman–Crippen MR) is 62.4 cm³/mol. The van der Waals surface area contributed by atoms with E-state index in [1.165, 1.54) is 0 Å². The zero-order chi connectivity index (χ0) is 12.4. The molecule has 2 aliphatic rings. The second-order valence-electron chi connectivity index (χ2n) is 4.79. The highest BCUT2D eigenvalue weighted by molar-refractivity contribution is 5.90. The van der Waals surface area contributed by atoms with Gasteiger partial charge in [0.1, 0.15) is 6.04 Å². The predicted octanol–water partition coefficient (Wildman–Crippen LogP) is 0.291. The van der Waals surface area contributed by atoms with Gasteiger partial charge in [0, 0.05) is 26.1 Å². The molecule has 5 heteroatoms. The van der Waals surface area contributed by atoms with Gasteiger partial charge in [-0.1, -0.05) is 6.92 Å². The van der Waals surface area contributed by atoms with Crippen molar-refractivity contribution in [3.8, 4) is 0 Å². The van der Waals surface area contributed by atoms with Crippen LogP contribution in [-0.4, -0.2) is 48.6 Å². The lowest BCUT2D eigenvalue weighted by Crippen LogP contribution is -2.54. The van der Waals surface area contributed by atoms with Crippen molar-refractivity contribution in [2.24, 2.45) is 0 Å². The standard InChI is InChI=1S/C12H20N2O3/c1-3-10-12(16)14(5-4-11(15)13-10)8-6-9(7-8)17-2/h8-10H,3-7H2,1-2H3,(H,13,15). The van der Waals surface area contributed by atoms with Crippen molar-refractivity contribution in [3.05, 3.63) is 0 Å². The van der Waals surface area contributed by atoms with Gasteiger partial charge < -0.3 is 15.0 Å². The van der Waals surface area contributed by atoms with Crippen LogP contribution in [0.1, 0.15) is 32.6 Å². The second-order valence-corrected chi connectivity index (χ2v) is 4.79. The highest BCUT2D eigenvalue weighted by Gasteiger charge is 2.39. The SMILES string of the molecule is CCC1NC(=O)CCN(C2CC(OC)C2)C1=O. The van der Waals surface area contributed by atoms with Gasteiger partial charge >= 0.3 is 0 Å². The molecule has 0 aromatic heterocycles. The number of carbonyl (C=O) groups excluding carboxylic acids is 2. The van der Waals surface area contributed by atoms with Gasteiger partial charge in [-0.15, -0.1) is 0 Å². The first-order chi connectivity index (χ1) is 8.15. The lowest BCUT2D eigenvalue weighted by Gasteiger charge is -2.42. The van der Waals surface area contributed by atoms with Crippen molar-refractivity contribution >= 4 is 11.8 Å². The van der Waals surface area contributed by atoms with Crippen molar-refractivity contribution in [3.63, 3.8) is 0 Å². The Morgan fingerprint density at radius 2 is 2.12 bits per heavy atom. The number of amides is 2. The topological polar surface area (TPSA) is 58.6 Å². The maximum absolute atomic E-state index is 12.2. The van der Waals surface area contributed by atoms with Gasteiger partial charge in [0.25, 0.3) is 0 Å². The maximum Gasteiger partial charge on any atom is 0.245 e. The smallest absolute Gasteiger partial charge is 0.245 e.